The zero-order chi connectivity index (χ0) is 15.1. The molecule has 0 fully saturated rings. The van der Waals surface area contributed by atoms with E-state index in [0.29, 0.717) is 6.04 Å². The maximum Gasteiger partial charge on any atom is 0.123 e. The topological polar surface area (TPSA) is 12.0 Å². The number of hydrogen-bond acceptors (Lipinski definition) is 1. The molecule has 21 heavy (non-hydrogen) atoms. The van der Waals surface area contributed by atoms with Crippen LogP contribution in [0.15, 0.2) is 48.5 Å². The Morgan fingerprint density at radius 2 is 1.57 bits per heavy atom. The Morgan fingerprint density at radius 1 is 0.952 bits per heavy atom. The minimum atomic E-state index is -0.169. The van der Waals surface area contributed by atoms with Crippen LogP contribution in [-0.4, -0.2) is 12.6 Å². The molecule has 0 heterocycles. The van der Waals surface area contributed by atoms with Gasteiger partial charge in [0.15, 0.2) is 0 Å². The van der Waals surface area contributed by atoms with Crippen LogP contribution in [0, 0.1) is 12.7 Å². The molecule has 2 aromatic carbocycles. The van der Waals surface area contributed by atoms with E-state index < -0.39 is 0 Å². The summed E-state index contributed by atoms with van der Waals surface area (Å²) in [6.45, 7) is 5.30. The lowest BCUT2D eigenvalue weighted by molar-refractivity contribution is 0.533. The first-order valence-corrected chi connectivity index (χ1v) is 7.67. The standard InChI is InChI=1S/C19H24FN/c1-15-5-7-17(8-6-15)4-3-13-21-16(2)14-18-9-11-19(20)12-10-18/h5-12,16,21H,3-4,13-14H2,1-2H3. The third-order valence-electron chi connectivity index (χ3n) is 3.71. The average Bonchev–Trinajstić information content (AvgIpc) is 2.48. The molecule has 0 spiro atoms. The summed E-state index contributed by atoms with van der Waals surface area (Å²) in [5.74, 6) is -0.169. The quantitative estimate of drug-likeness (QED) is 0.748. The monoisotopic (exact) mass is 285 g/mol. The van der Waals surface area contributed by atoms with Gasteiger partial charge in [-0.3, -0.25) is 0 Å². The van der Waals surface area contributed by atoms with E-state index in [1.165, 1.54) is 28.8 Å². The summed E-state index contributed by atoms with van der Waals surface area (Å²) in [6, 6.07) is 15.9. The van der Waals surface area contributed by atoms with Crippen LogP contribution in [-0.2, 0) is 12.8 Å². The van der Waals surface area contributed by atoms with Crippen molar-refractivity contribution in [2.45, 2.75) is 39.2 Å². The minimum Gasteiger partial charge on any atom is -0.314 e. The van der Waals surface area contributed by atoms with Gasteiger partial charge in [-0.2, -0.15) is 0 Å². The fourth-order valence-electron chi connectivity index (χ4n) is 2.44. The predicted octanol–water partition coefficient (Wildman–Crippen LogP) is 4.29. The van der Waals surface area contributed by atoms with Crippen molar-refractivity contribution in [3.63, 3.8) is 0 Å². The van der Waals surface area contributed by atoms with Gasteiger partial charge in [-0.15, -0.1) is 0 Å². The van der Waals surface area contributed by atoms with Gasteiger partial charge in [0.2, 0.25) is 0 Å². The molecule has 0 saturated carbocycles. The van der Waals surface area contributed by atoms with Crippen molar-refractivity contribution >= 4 is 0 Å². The third kappa shape index (κ3) is 5.68. The second-order valence-corrected chi connectivity index (χ2v) is 5.77. The Kier molecular flexibility index (Phi) is 5.94. The lowest BCUT2D eigenvalue weighted by atomic mass is 10.1. The normalized spacial score (nSPS) is 12.3. The molecule has 0 aromatic heterocycles. The van der Waals surface area contributed by atoms with Crippen LogP contribution in [0.5, 0.6) is 0 Å². The Bertz CT molecular complexity index is 530. The molecule has 0 amide bonds. The molecule has 2 aromatic rings. The van der Waals surface area contributed by atoms with Crippen LogP contribution in [0.1, 0.15) is 30.0 Å². The molecule has 0 aliphatic carbocycles. The van der Waals surface area contributed by atoms with E-state index in [1.807, 2.05) is 12.1 Å². The molecule has 2 heteroatoms. The summed E-state index contributed by atoms with van der Waals surface area (Å²) in [5.41, 5.74) is 3.88. The van der Waals surface area contributed by atoms with Crippen molar-refractivity contribution in [2.24, 2.45) is 0 Å². The first-order chi connectivity index (χ1) is 10.1. The van der Waals surface area contributed by atoms with Gasteiger partial charge in [0.1, 0.15) is 5.82 Å². The molecule has 2 rings (SSSR count). The largest absolute Gasteiger partial charge is 0.314 e. The summed E-state index contributed by atoms with van der Waals surface area (Å²) in [6.07, 6.45) is 3.18. The van der Waals surface area contributed by atoms with Crippen LogP contribution < -0.4 is 5.32 Å². The van der Waals surface area contributed by atoms with Crippen LogP contribution in [0.3, 0.4) is 0 Å². The Hall–Kier alpha value is -1.67. The Morgan fingerprint density at radius 3 is 2.24 bits per heavy atom. The average molecular weight is 285 g/mol. The maximum absolute atomic E-state index is 12.8. The molecular weight excluding hydrogens is 261 g/mol. The van der Waals surface area contributed by atoms with Crippen molar-refractivity contribution in [2.75, 3.05) is 6.54 Å². The molecule has 0 aliphatic heterocycles. The first kappa shape index (κ1) is 15.7. The molecule has 0 saturated heterocycles. The molecular formula is C19H24FN. The molecule has 112 valence electrons. The van der Waals surface area contributed by atoms with Crippen molar-refractivity contribution < 1.29 is 4.39 Å². The van der Waals surface area contributed by atoms with Crippen LogP contribution in [0.25, 0.3) is 0 Å². The van der Waals surface area contributed by atoms with E-state index in [-0.39, 0.29) is 5.82 Å². The van der Waals surface area contributed by atoms with Gasteiger partial charge in [-0.05, 0) is 62.9 Å². The van der Waals surface area contributed by atoms with Crippen LogP contribution >= 0.6 is 0 Å². The Labute approximate surface area is 127 Å². The van der Waals surface area contributed by atoms with E-state index >= 15 is 0 Å². The number of benzene rings is 2. The van der Waals surface area contributed by atoms with Crippen molar-refractivity contribution in [1.29, 1.82) is 0 Å². The van der Waals surface area contributed by atoms with E-state index in [0.717, 1.165) is 25.8 Å². The highest BCUT2D eigenvalue weighted by molar-refractivity contribution is 5.21. The number of halogens is 1. The first-order valence-electron chi connectivity index (χ1n) is 7.67. The predicted molar refractivity (Wildman–Crippen MR) is 87.1 cm³/mol. The third-order valence-corrected chi connectivity index (χ3v) is 3.71. The van der Waals surface area contributed by atoms with Gasteiger partial charge in [0.05, 0.1) is 0 Å². The maximum atomic E-state index is 12.8. The van der Waals surface area contributed by atoms with Crippen LogP contribution in [0.4, 0.5) is 4.39 Å². The van der Waals surface area contributed by atoms with E-state index in [9.17, 15) is 4.39 Å². The van der Waals surface area contributed by atoms with Crippen molar-refractivity contribution in [3.8, 4) is 0 Å². The minimum absolute atomic E-state index is 0.169. The molecule has 0 radical (unpaired) electrons. The van der Waals surface area contributed by atoms with E-state index in [2.05, 4.69) is 43.4 Å². The number of aryl methyl sites for hydroxylation is 2. The highest BCUT2D eigenvalue weighted by Crippen LogP contribution is 2.07. The van der Waals surface area contributed by atoms with Gasteiger partial charge in [-0.25, -0.2) is 4.39 Å². The highest BCUT2D eigenvalue weighted by Gasteiger charge is 2.03. The zero-order valence-corrected chi connectivity index (χ0v) is 12.9. The summed E-state index contributed by atoms with van der Waals surface area (Å²) in [7, 11) is 0. The summed E-state index contributed by atoms with van der Waals surface area (Å²) < 4.78 is 12.8. The zero-order valence-electron chi connectivity index (χ0n) is 12.9. The second kappa shape index (κ2) is 7.94. The lowest BCUT2D eigenvalue weighted by Gasteiger charge is -2.14. The van der Waals surface area contributed by atoms with E-state index in [1.54, 1.807) is 0 Å². The van der Waals surface area contributed by atoms with Gasteiger partial charge in [-0.1, -0.05) is 42.0 Å². The van der Waals surface area contributed by atoms with Crippen molar-refractivity contribution in [3.05, 3.63) is 71.0 Å². The van der Waals surface area contributed by atoms with Gasteiger partial charge < -0.3 is 5.32 Å². The fourth-order valence-corrected chi connectivity index (χ4v) is 2.44. The second-order valence-electron chi connectivity index (χ2n) is 5.77. The van der Waals surface area contributed by atoms with E-state index in [4.69, 9.17) is 0 Å². The summed E-state index contributed by atoms with van der Waals surface area (Å²) in [5, 5.41) is 3.53. The SMILES string of the molecule is Cc1ccc(CCCNC(C)Cc2ccc(F)cc2)cc1. The summed E-state index contributed by atoms with van der Waals surface area (Å²) >= 11 is 0. The molecule has 0 bridgehead atoms. The summed E-state index contributed by atoms with van der Waals surface area (Å²) in [4.78, 5) is 0. The molecule has 1 N–H and O–H groups in total. The number of hydrogen-bond donors (Lipinski definition) is 1. The molecule has 1 unspecified atom stereocenters. The van der Waals surface area contributed by atoms with Crippen LogP contribution in [0.2, 0.25) is 0 Å². The highest BCUT2D eigenvalue weighted by atomic mass is 19.1. The molecule has 0 aliphatic rings. The number of nitrogens with one attached hydrogen (secondary N) is 1. The number of rotatable bonds is 7. The van der Waals surface area contributed by atoms with Gasteiger partial charge >= 0.3 is 0 Å². The lowest BCUT2D eigenvalue weighted by Crippen LogP contribution is -2.29. The smallest absolute Gasteiger partial charge is 0.123 e. The van der Waals surface area contributed by atoms with Gasteiger partial charge in [0.25, 0.3) is 0 Å². The molecule has 1 atom stereocenters. The fraction of sp³-hybridized carbons (Fsp3) is 0.368. The molecule has 1 nitrogen and oxygen atoms in total. The Balaban J connectivity index is 1.66. The van der Waals surface area contributed by atoms with Crippen molar-refractivity contribution in [1.82, 2.24) is 5.32 Å². The van der Waals surface area contributed by atoms with Gasteiger partial charge in [0, 0.05) is 6.04 Å².